The third-order valence-corrected chi connectivity index (χ3v) is 2.93. The molecule has 1 amide bonds. The fraction of sp³-hybridized carbons (Fsp3) is 0.467. The maximum atomic E-state index is 12.2. The van der Waals surface area contributed by atoms with Crippen molar-refractivity contribution >= 4 is 5.91 Å². The van der Waals surface area contributed by atoms with E-state index in [1.807, 2.05) is 0 Å². The molecular formula is C15H20N2O2. The number of amides is 1. The Morgan fingerprint density at radius 2 is 2.26 bits per heavy atom. The zero-order chi connectivity index (χ0) is 14.3. The van der Waals surface area contributed by atoms with Crippen LogP contribution in [-0.2, 0) is 0 Å². The third-order valence-electron chi connectivity index (χ3n) is 2.93. The van der Waals surface area contributed by atoms with E-state index in [4.69, 9.17) is 5.11 Å². The van der Waals surface area contributed by atoms with Gasteiger partial charge in [0.05, 0.1) is 5.56 Å². The highest BCUT2D eigenvalue weighted by molar-refractivity contribution is 5.94. The van der Waals surface area contributed by atoms with Gasteiger partial charge in [-0.15, -0.1) is 0 Å². The molecule has 0 bridgehead atoms. The minimum Gasteiger partial charge on any atom is -0.384 e. The summed E-state index contributed by atoms with van der Waals surface area (Å²) in [7, 11) is 1.79. The molecule has 0 aliphatic heterocycles. The number of hydrogen-bond acceptors (Lipinski definition) is 3. The van der Waals surface area contributed by atoms with Crippen molar-refractivity contribution in [2.75, 3.05) is 20.2 Å². The van der Waals surface area contributed by atoms with Crippen molar-refractivity contribution in [3.8, 4) is 11.8 Å². The van der Waals surface area contributed by atoms with Gasteiger partial charge in [0.25, 0.3) is 5.91 Å². The fourth-order valence-electron chi connectivity index (χ4n) is 1.67. The molecule has 1 N–H and O–H groups in total. The summed E-state index contributed by atoms with van der Waals surface area (Å²) in [5.41, 5.74) is 1.16. The number of aromatic nitrogens is 1. The Labute approximate surface area is 114 Å². The third kappa shape index (κ3) is 4.72. The van der Waals surface area contributed by atoms with E-state index in [2.05, 4.69) is 30.7 Å². The van der Waals surface area contributed by atoms with Gasteiger partial charge in [0, 0.05) is 31.5 Å². The predicted octanol–water partition coefficient (Wildman–Crippen LogP) is 1.54. The summed E-state index contributed by atoms with van der Waals surface area (Å²) < 4.78 is 0. The Balaban J connectivity index is 2.81. The van der Waals surface area contributed by atoms with Crippen LogP contribution in [0.15, 0.2) is 18.5 Å². The summed E-state index contributed by atoms with van der Waals surface area (Å²) >= 11 is 0. The van der Waals surface area contributed by atoms with Crippen molar-refractivity contribution < 1.29 is 9.90 Å². The van der Waals surface area contributed by atoms with Crippen LogP contribution in [0, 0.1) is 17.8 Å². The van der Waals surface area contributed by atoms with Crippen LogP contribution in [0.5, 0.6) is 0 Å². The Bertz CT molecular complexity index is 488. The lowest BCUT2D eigenvalue weighted by atomic mass is 10.1. The second-order valence-electron chi connectivity index (χ2n) is 4.62. The van der Waals surface area contributed by atoms with Crippen LogP contribution in [0.1, 0.15) is 36.2 Å². The summed E-state index contributed by atoms with van der Waals surface area (Å²) in [6, 6.07) is 1.70. The molecule has 0 spiro atoms. The van der Waals surface area contributed by atoms with E-state index in [-0.39, 0.29) is 12.5 Å². The first kappa shape index (κ1) is 15.2. The molecular weight excluding hydrogens is 240 g/mol. The molecule has 0 saturated heterocycles. The Hall–Kier alpha value is -1.86. The Kier molecular flexibility index (Phi) is 6.04. The average molecular weight is 260 g/mol. The van der Waals surface area contributed by atoms with Crippen molar-refractivity contribution in [3.05, 3.63) is 29.6 Å². The largest absolute Gasteiger partial charge is 0.384 e. The van der Waals surface area contributed by atoms with Crippen molar-refractivity contribution in [3.63, 3.8) is 0 Å². The highest BCUT2D eigenvalue weighted by Gasteiger charge is 2.14. The minimum atomic E-state index is -0.202. The summed E-state index contributed by atoms with van der Waals surface area (Å²) in [6.07, 6.45) is 4.16. The number of aliphatic hydroxyl groups is 1. The van der Waals surface area contributed by atoms with Crippen LogP contribution in [0.4, 0.5) is 0 Å². The van der Waals surface area contributed by atoms with Crippen LogP contribution in [0.3, 0.4) is 0 Å². The zero-order valence-corrected chi connectivity index (χ0v) is 11.7. The van der Waals surface area contributed by atoms with Gasteiger partial charge in [-0.1, -0.05) is 32.1 Å². The predicted molar refractivity (Wildman–Crippen MR) is 74.6 cm³/mol. The topological polar surface area (TPSA) is 53.4 Å². The molecule has 0 aliphatic rings. The number of carbonyl (C=O) groups excluding carboxylic acids is 1. The van der Waals surface area contributed by atoms with Gasteiger partial charge in [-0.3, -0.25) is 9.78 Å². The quantitative estimate of drug-likeness (QED) is 0.836. The molecule has 0 radical (unpaired) electrons. The second kappa shape index (κ2) is 7.55. The van der Waals surface area contributed by atoms with Crippen LogP contribution in [0.2, 0.25) is 0 Å². The zero-order valence-electron chi connectivity index (χ0n) is 11.7. The maximum Gasteiger partial charge on any atom is 0.255 e. The van der Waals surface area contributed by atoms with E-state index < -0.39 is 0 Å². The number of rotatable bonds is 4. The first-order valence-corrected chi connectivity index (χ1v) is 6.38. The Morgan fingerprint density at radius 1 is 1.53 bits per heavy atom. The SMILES string of the molecule is CCC(C)CN(C)C(=O)c1cncc(C#CCO)c1. The molecule has 0 aliphatic carbocycles. The van der Waals surface area contributed by atoms with Crippen LogP contribution >= 0.6 is 0 Å². The molecule has 0 fully saturated rings. The molecule has 102 valence electrons. The van der Waals surface area contributed by atoms with Crippen LogP contribution in [-0.4, -0.2) is 41.1 Å². The van der Waals surface area contributed by atoms with E-state index in [1.165, 1.54) is 0 Å². The molecule has 4 nitrogen and oxygen atoms in total. The molecule has 4 heteroatoms. The summed E-state index contributed by atoms with van der Waals surface area (Å²) in [5.74, 6) is 5.71. The van der Waals surface area contributed by atoms with Gasteiger partial charge in [0.2, 0.25) is 0 Å². The summed E-state index contributed by atoms with van der Waals surface area (Å²) in [6.45, 7) is 4.74. The molecule has 0 aromatic carbocycles. The molecule has 1 unspecified atom stereocenters. The molecule has 0 saturated carbocycles. The number of pyridine rings is 1. The first-order chi connectivity index (χ1) is 9.08. The van der Waals surface area contributed by atoms with Gasteiger partial charge in [0.1, 0.15) is 6.61 Å². The van der Waals surface area contributed by atoms with E-state index in [1.54, 1.807) is 30.4 Å². The van der Waals surface area contributed by atoms with Gasteiger partial charge < -0.3 is 10.0 Å². The van der Waals surface area contributed by atoms with Crippen LogP contribution < -0.4 is 0 Å². The normalized spacial score (nSPS) is 11.4. The Morgan fingerprint density at radius 3 is 2.89 bits per heavy atom. The lowest BCUT2D eigenvalue weighted by Crippen LogP contribution is -2.31. The van der Waals surface area contributed by atoms with E-state index >= 15 is 0 Å². The van der Waals surface area contributed by atoms with E-state index in [0.717, 1.165) is 13.0 Å². The lowest BCUT2D eigenvalue weighted by Gasteiger charge is -2.20. The molecule has 1 atom stereocenters. The molecule has 1 rings (SSSR count). The fourth-order valence-corrected chi connectivity index (χ4v) is 1.67. The minimum absolute atomic E-state index is 0.0551. The highest BCUT2D eigenvalue weighted by Crippen LogP contribution is 2.08. The second-order valence-corrected chi connectivity index (χ2v) is 4.62. The van der Waals surface area contributed by atoms with Crippen molar-refractivity contribution in [2.45, 2.75) is 20.3 Å². The van der Waals surface area contributed by atoms with Crippen molar-refractivity contribution in [1.29, 1.82) is 0 Å². The molecule has 1 aromatic rings. The van der Waals surface area contributed by atoms with Gasteiger partial charge in [0.15, 0.2) is 0 Å². The van der Waals surface area contributed by atoms with Crippen molar-refractivity contribution in [2.24, 2.45) is 5.92 Å². The summed E-state index contributed by atoms with van der Waals surface area (Å²) in [5, 5.41) is 8.65. The number of hydrogen-bond donors (Lipinski definition) is 1. The van der Waals surface area contributed by atoms with Gasteiger partial charge in [-0.2, -0.15) is 0 Å². The molecule has 19 heavy (non-hydrogen) atoms. The first-order valence-electron chi connectivity index (χ1n) is 6.38. The lowest BCUT2D eigenvalue weighted by molar-refractivity contribution is 0.0774. The smallest absolute Gasteiger partial charge is 0.255 e. The summed E-state index contributed by atoms with van der Waals surface area (Å²) in [4.78, 5) is 17.9. The van der Waals surface area contributed by atoms with Gasteiger partial charge in [-0.05, 0) is 12.0 Å². The molecule has 1 heterocycles. The van der Waals surface area contributed by atoms with E-state index in [0.29, 0.717) is 17.0 Å². The number of nitrogens with zero attached hydrogens (tertiary/aromatic N) is 2. The monoisotopic (exact) mass is 260 g/mol. The average Bonchev–Trinajstić information content (AvgIpc) is 2.44. The maximum absolute atomic E-state index is 12.2. The highest BCUT2D eigenvalue weighted by atomic mass is 16.2. The molecule has 1 aromatic heterocycles. The number of aliphatic hydroxyl groups excluding tert-OH is 1. The van der Waals surface area contributed by atoms with Gasteiger partial charge >= 0.3 is 0 Å². The van der Waals surface area contributed by atoms with Crippen molar-refractivity contribution in [1.82, 2.24) is 9.88 Å². The van der Waals surface area contributed by atoms with Gasteiger partial charge in [-0.25, -0.2) is 0 Å². The van der Waals surface area contributed by atoms with E-state index in [9.17, 15) is 4.79 Å². The standard InChI is InChI=1S/C15H20N2O2/c1-4-12(2)11-17(3)15(19)14-8-13(6-5-7-18)9-16-10-14/h8-10,12,18H,4,7,11H2,1-3H3. The number of carbonyl (C=O) groups is 1. The van der Waals surface area contributed by atoms with Crippen LogP contribution in [0.25, 0.3) is 0 Å².